The number of hydrogen-bond acceptors (Lipinski definition) is 2. The normalized spacial score (nSPS) is 32.3. The highest BCUT2D eigenvalue weighted by Gasteiger charge is 2.58. The summed E-state index contributed by atoms with van der Waals surface area (Å²) in [6, 6.07) is 8.13. The van der Waals surface area contributed by atoms with E-state index in [0.717, 1.165) is 25.0 Å². The van der Waals surface area contributed by atoms with Gasteiger partial charge in [-0.05, 0) is 49.1 Å². The number of amides is 1. The Bertz CT molecular complexity index is 605. The first-order valence-corrected chi connectivity index (χ1v) is 9.23. The fourth-order valence-electron chi connectivity index (χ4n) is 5.68. The molecule has 2 saturated carbocycles. The number of fused-ring (bicyclic) bond motifs is 1. The molecule has 1 aromatic rings. The van der Waals surface area contributed by atoms with E-state index in [-0.39, 0.29) is 11.8 Å². The van der Waals surface area contributed by atoms with Crippen LogP contribution in [0.1, 0.15) is 63.4 Å². The minimum atomic E-state index is -0.793. The number of nitrogens with two attached hydrogens (primary N) is 1. The molecule has 1 heterocycles. The van der Waals surface area contributed by atoms with E-state index in [4.69, 9.17) is 10.5 Å². The van der Waals surface area contributed by atoms with Gasteiger partial charge in [-0.2, -0.15) is 0 Å². The molecule has 3 nitrogen and oxygen atoms in total. The van der Waals surface area contributed by atoms with Crippen LogP contribution in [0.5, 0.6) is 5.75 Å². The molecule has 124 valence electrons. The Kier molecular flexibility index (Phi) is 3.62. The summed E-state index contributed by atoms with van der Waals surface area (Å²) in [5.74, 6) is 0.915. The van der Waals surface area contributed by atoms with Gasteiger partial charge in [-0.25, -0.2) is 0 Å². The van der Waals surface area contributed by atoms with Crippen LogP contribution in [0, 0.1) is 11.3 Å². The molecular weight excluding hydrogens is 286 g/mol. The molecule has 0 saturated heterocycles. The highest BCUT2D eigenvalue weighted by Crippen LogP contribution is 2.58. The monoisotopic (exact) mass is 313 g/mol. The zero-order chi connectivity index (χ0) is 15.9. The lowest BCUT2D eigenvalue weighted by Gasteiger charge is -2.52. The van der Waals surface area contributed by atoms with Crippen molar-refractivity contribution in [3.8, 4) is 5.75 Å². The van der Waals surface area contributed by atoms with E-state index in [9.17, 15) is 4.79 Å². The van der Waals surface area contributed by atoms with Gasteiger partial charge in [0.05, 0.1) is 0 Å². The molecule has 1 aromatic carbocycles. The predicted octanol–water partition coefficient (Wildman–Crippen LogP) is 3.99. The number of hydrogen-bond donors (Lipinski definition) is 1. The number of primary amides is 1. The first-order chi connectivity index (χ1) is 11.2. The van der Waals surface area contributed by atoms with Crippen molar-refractivity contribution in [1.29, 1.82) is 0 Å². The summed E-state index contributed by atoms with van der Waals surface area (Å²) in [5, 5.41) is 0. The molecule has 0 bridgehead atoms. The second kappa shape index (κ2) is 5.54. The highest BCUT2D eigenvalue weighted by atomic mass is 16.5. The van der Waals surface area contributed by atoms with Gasteiger partial charge in [0.2, 0.25) is 0 Å². The third-order valence-corrected chi connectivity index (χ3v) is 6.77. The highest BCUT2D eigenvalue weighted by molar-refractivity contribution is 5.85. The van der Waals surface area contributed by atoms with Crippen molar-refractivity contribution in [2.45, 2.75) is 69.8 Å². The molecule has 2 N–H and O–H groups in total. The van der Waals surface area contributed by atoms with E-state index in [1.54, 1.807) is 0 Å². The van der Waals surface area contributed by atoms with E-state index in [1.165, 1.54) is 50.5 Å². The molecule has 1 unspecified atom stereocenters. The fourth-order valence-corrected chi connectivity index (χ4v) is 5.68. The van der Waals surface area contributed by atoms with Gasteiger partial charge in [0.1, 0.15) is 5.75 Å². The van der Waals surface area contributed by atoms with Gasteiger partial charge in [-0.15, -0.1) is 0 Å². The maximum Gasteiger partial charge on any atom is 0.261 e. The van der Waals surface area contributed by atoms with Crippen LogP contribution < -0.4 is 10.5 Å². The number of ether oxygens (including phenoxy) is 1. The van der Waals surface area contributed by atoms with E-state index in [1.807, 2.05) is 18.2 Å². The predicted molar refractivity (Wildman–Crippen MR) is 90.2 cm³/mol. The smallest absolute Gasteiger partial charge is 0.261 e. The summed E-state index contributed by atoms with van der Waals surface area (Å²) in [6.45, 7) is 0. The molecule has 0 radical (unpaired) electrons. The Balaban J connectivity index is 1.74. The SMILES string of the molecule is NC(=O)C1([C@H]2CCCCC23CCCC3)CCc2ccccc2O1. The molecule has 1 amide bonds. The molecular formula is C20H27NO2. The standard InChI is InChI=1S/C20H27NO2/c21-18(22)20(14-10-15-7-1-2-8-16(15)23-20)17-9-3-4-11-19(17)12-5-6-13-19/h1-2,7-8,17H,3-6,9-14H2,(H2,21,22)/t17-,20?/m0/s1. The lowest BCUT2D eigenvalue weighted by molar-refractivity contribution is -0.151. The molecule has 3 heteroatoms. The van der Waals surface area contributed by atoms with Crippen molar-refractivity contribution < 1.29 is 9.53 Å². The zero-order valence-electron chi connectivity index (χ0n) is 13.9. The average molecular weight is 313 g/mol. The summed E-state index contributed by atoms with van der Waals surface area (Å²) in [5.41, 5.74) is 6.68. The maximum atomic E-state index is 12.6. The third-order valence-electron chi connectivity index (χ3n) is 6.77. The Labute approximate surface area is 138 Å². The van der Waals surface area contributed by atoms with Gasteiger partial charge in [-0.3, -0.25) is 4.79 Å². The number of aryl methyl sites for hydroxylation is 1. The van der Waals surface area contributed by atoms with Crippen LogP contribution in [0.2, 0.25) is 0 Å². The van der Waals surface area contributed by atoms with Crippen molar-refractivity contribution in [3.63, 3.8) is 0 Å². The van der Waals surface area contributed by atoms with Gasteiger partial charge in [0.15, 0.2) is 5.60 Å². The number of carbonyl (C=O) groups excluding carboxylic acids is 1. The van der Waals surface area contributed by atoms with E-state index in [2.05, 4.69) is 6.07 Å². The lowest BCUT2D eigenvalue weighted by atomic mass is 9.57. The Hall–Kier alpha value is -1.51. The van der Waals surface area contributed by atoms with Gasteiger partial charge < -0.3 is 10.5 Å². The molecule has 1 aliphatic heterocycles. The van der Waals surface area contributed by atoms with E-state index in [0.29, 0.717) is 5.41 Å². The quantitative estimate of drug-likeness (QED) is 0.897. The van der Waals surface area contributed by atoms with E-state index >= 15 is 0 Å². The van der Waals surface area contributed by atoms with Crippen LogP contribution in [-0.4, -0.2) is 11.5 Å². The molecule has 0 aromatic heterocycles. The van der Waals surface area contributed by atoms with Crippen LogP contribution in [0.25, 0.3) is 0 Å². The fraction of sp³-hybridized carbons (Fsp3) is 0.650. The minimum Gasteiger partial charge on any atom is -0.477 e. The number of rotatable bonds is 2. The zero-order valence-corrected chi connectivity index (χ0v) is 13.9. The van der Waals surface area contributed by atoms with Crippen LogP contribution in [0.4, 0.5) is 0 Å². The summed E-state index contributed by atoms with van der Waals surface area (Å²) in [6.07, 6.45) is 11.5. The van der Waals surface area contributed by atoms with Crippen LogP contribution in [0.3, 0.4) is 0 Å². The molecule has 1 spiro atoms. The van der Waals surface area contributed by atoms with Gasteiger partial charge in [0, 0.05) is 12.3 Å². The van der Waals surface area contributed by atoms with Crippen molar-refractivity contribution in [2.75, 3.05) is 0 Å². The molecule has 23 heavy (non-hydrogen) atoms. The minimum absolute atomic E-state index is 0.245. The van der Waals surface area contributed by atoms with Crippen LogP contribution in [0.15, 0.2) is 24.3 Å². The second-order valence-electron chi connectivity index (χ2n) is 7.83. The summed E-state index contributed by atoms with van der Waals surface area (Å²) in [4.78, 5) is 12.6. The summed E-state index contributed by atoms with van der Waals surface area (Å²) in [7, 11) is 0. The van der Waals surface area contributed by atoms with Gasteiger partial charge in [-0.1, -0.05) is 43.9 Å². The molecule has 2 aliphatic carbocycles. The van der Waals surface area contributed by atoms with Gasteiger partial charge >= 0.3 is 0 Å². The molecule has 3 aliphatic rings. The molecule has 4 rings (SSSR count). The van der Waals surface area contributed by atoms with Gasteiger partial charge in [0.25, 0.3) is 5.91 Å². The van der Waals surface area contributed by atoms with Crippen molar-refractivity contribution in [2.24, 2.45) is 17.1 Å². The summed E-state index contributed by atoms with van der Waals surface area (Å²) >= 11 is 0. The Morgan fingerprint density at radius 3 is 2.48 bits per heavy atom. The lowest BCUT2D eigenvalue weighted by Crippen LogP contribution is -2.61. The molecule has 2 fully saturated rings. The largest absolute Gasteiger partial charge is 0.477 e. The van der Waals surface area contributed by atoms with E-state index < -0.39 is 5.60 Å². The van der Waals surface area contributed by atoms with Crippen LogP contribution in [-0.2, 0) is 11.2 Å². The summed E-state index contributed by atoms with van der Waals surface area (Å²) < 4.78 is 6.43. The first kappa shape index (κ1) is 15.0. The Morgan fingerprint density at radius 2 is 1.74 bits per heavy atom. The topological polar surface area (TPSA) is 52.3 Å². The third kappa shape index (κ3) is 2.28. The van der Waals surface area contributed by atoms with Crippen LogP contribution >= 0.6 is 0 Å². The van der Waals surface area contributed by atoms with Crippen molar-refractivity contribution >= 4 is 5.91 Å². The second-order valence-corrected chi connectivity index (χ2v) is 7.83. The molecule has 2 atom stereocenters. The average Bonchev–Trinajstić information content (AvgIpc) is 3.03. The number of carbonyl (C=O) groups is 1. The first-order valence-electron chi connectivity index (χ1n) is 9.23. The maximum absolute atomic E-state index is 12.6. The number of para-hydroxylation sites is 1. The van der Waals surface area contributed by atoms with Crippen molar-refractivity contribution in [3.05, 3.63) is 29.8 Å². The number of benzene rings is 1. The van der Waals surface area contributed by atoms with Crippen molar-refractivity contribution in [1.82, 2.24) is 0 Å². The Morgan fingerprint density at radius 1 is 1.04 bits per heavy atom.